The number of rotatable bonds is 3. The van der Waals surface area contributed by atoms with Gasteiger partial charge in [0.25, 0.3) is 5.89 Å². The lowest BCUT2D eigenvalue weighted by molar-refractivity contribution is -0.0622. The summed E-state index contributed by atoms with van der Waals surface area (Å²) in [5.41, 5.74) is 0.775. The van der Waals surface area contributed by atoms with Crippen molar-refractivity contribution in [3.8, 4) is 11.4 Å². The minimum absolute atomic E-state index is 0. The summed E-state index contributed by atoms with van der Waals surface area (Å²) in [7, 11) is 1.66. The third-order valence-corrected chi connectivity index (χ3v) is 4.03. The number of ether oxygens (including phenoxy) is 1. The fraction of sp³-hybridized carbons (Fsp3) is 0.467. The van der Waals surface area contributed by atoms with Crippen LogP contribution in [0.5, 0.6) is 0 Å². The first-order valence-corrected chi connectivity index (χ1v) is 7.01. The van der Waals surface area contributed by atoms with E-state index < -0.39 is 5.60 Å². The van der Waals surface area contributed by atoms with Gasteiger partial charge in [-0.3, -0.25) is 0 Å². The van der Waals surface area contributed by atoms with Crippen LogP contribution in [0.15, 0.2) is 22.7 Å². The van der Waals surface area contributed by atoms with Crippen LogP contribution in [0, 0.1) is 12.7 Å². The molecule has 7 heteroatoms. The molecule has 0 radical (unpaired) electrons. The lowest BCUT2D eigenvalue weighted by Gasteiger charge is -2.32. The summed E-state index contributed by atoms with van der Waals surface area (Å²) in [5.74, 6) is 0.709. The van der Waals surface area contributed by atoms with E-state index in [4.69, 9.17) is 9.26 Å². The summed E-state index contributed by atoms with van der Waals surface area (Å²) < 4.78 is 24.4. The second-order valence-corrected chi connectivity index (χ2v) is 5.34. The van der Waals surface area contributed by atoms with Crippen molar-refractivity contribution in [3.63, 3.8) is 0 Å². The first-order chi connectivity index (χ1) is 10.1. The van der Waals surface area contributed by atoms with Crippen LogP contribution < -0.4 is 5.32 Å². The van der Waals surface area contributed by atoms with Gasteiger partial charge in [0.2, 0.25) is 5.82 Å². The lowest BCUT2D eigenvalue weighted by Crippen LogP contribution is -2.41. The summed E-state index contributed by atoms with van der Waals surface area (Å²) >= 11 is 0. The number of benzene rings is 1. The van der Waals surface area contributed by atoms with E-state index in [-0.39, 0.29) is 18.2 Å². The normalized spacial score (nSPS) is 17.0. The average Bonchev–Trinajstić information content (AvgIpc) is 3.01. The van der Waals surface area contributed by atoms with E-state index in [2.05, 4.69) is 15.5 Å². The van der Waals surface area contributed by atoms with Crippen molar-refractivity contribution < 1.29 is 13.7 Å². The SMILES string of the molecule is COC1(c2nc(-c3ccc(F)c(C)c3)no2)CCNCC1.Cl. The van der Waals surface area contributed by atoms with Gasteiger partial charge < -0.3 is 14.6 Å². The number of nitrogens with one attached hydrogen (secondary N) is 1. The summed E-state index contributed by atoms with van der Waals surface area (Å²) in [5, 5.41) is 7.30. The topological polar surface area (TPSA) is 60.2 Å². The van der Waals surface area contributed by atoms with Crippen LogP contribution in [0.3, 0.4) is 0 Å². The van der Waals surface area contributed by atoms with Crippen molar-refractivity contribution in [2.75, 3.05) is 20.2 Å². The van der Waals surface area contributed by atoms with Gasteiger partial charge in [-0.2, -0.15) is 4.98 Å². The Labute approximate surface area is 134 Å². The molecular formula is C15H19ClFN3O2. The van der Waals surface area contributed by atoms with E-state index in [1.54, 1.807) is 26.2 Å². The van der Waals surface area contributed by atoms with E-state index in [9.17, 15) is 4.39 Å². The smallest absolute Gasteiger partial charge is 0.259 e. The largest absolute Gasteiger partial charge is 0.368 e. The first kappa shape index (κ1) is 16.9. The highest BCUT2D eigenvalue weighted by molar-refractivity contribution is 5.85. The van der Waals surface area contributed by atoms with Crippen LogP contribution in [-0.2, 0) is 10.3 Å². The minimum atomic E-state index is -0.522. The second kappa shape index (κ2) is 6.73. The highest BCUT2D eigenvalue weighted by Gasteiger charge is 2.39. The molecule has 0 saturated carbocycles. The lowest BCUT2D eigenvalue weighted by atomic mass is 9.92. The van der Waals surface area contributed by atoms with E-state index in [0.717, 1.165) is 31.5 Å². The van der Waals surface area contributed by atoms with Gasteiger partial charge in [0.05, 0.1) is 0 Å². The molecule has 1 aromatic heterocycles. The molecule has 5 nitrogen and oxygen atoms in total. The summed E-state index contributed by atoms with van der Waals surface area (Å²) in [6.45, 7) is 3.41. The van der Waals surface area contributed by atoms with Crippen LogP contribution in [0.25, 0.3) is 11.4 Å². The van der Waals surface area contributed by atoms with Crippen LogP contribution in [0.1, 0.15) is 24.3 Å². The number of aromatic nitrogens is 2. The molecule has 0 bridgehead atoms. The number of halogens is 2. The molecule has 1 N–H and O–H groups in total. The Morgan fingerprint density at radius 3 is 2.68 bits per heavy atom. The quantitative estimate of drug-likeness (QED) is 0.939. The fourth-order valence-corrected chi connectivity index (χ4v) is 2.65. The van der Waals surface area contributed by atoms with Gasteiger partial charge in [-0.15, -0.1) is 12.4 Å². The molecule has 1 aliphatic heterocycles. The molecule has 0 spiro atoms. The van der Waals surface area contributed by atoms with Gasteiger partial charge in [-0.25, -0.2) is 4.39 Å². The highest BCUT2D eigenvalue weighted by Crippen LogP contribution is 2.34. The molecule has 1 aliphatic rings. The molecule has 120 valence electrons. The zero-order chi connectivity index (χ0) is 14.9. The molecule has 1 aromatic carbocycles. The molecule has 0 atom stereocenters. The zero-order valence-electron chi connectivity index (χ0n) is 12.6. The minimum Gasteiger partial charge on any atom is -0.368 e. The van der Waals surface area contributed by atoms with Gasteiger partial charge >= 0.3 is 0 Å². The van der Waals surface area contributed by atoms with Crippen molar-refractivity contribution in [3.05, 3.63) is 35.5 Å². The van der Waals surface area contributed by atoms with Crippen molar-refractivity contribution in [2.45, 2.75) is 25.4 Å². The summed E-state index contributed by atoms with van der Waals surface area (Å²) in [6, 6.07) is 4.78. The Hall–Kier alpha value is -1.50. The average molecular weight is 328 g/mol. The Morgan fingerprint density at radius 2 is 2.05 bits per heavy atom. The number of hydrogen-bond acceptors (Lipinski definition) is 5. The number of aryl methyl sites for hydroxylation is 1. The van der Waals surface area contributed by atoms with Crippen molar-refractivity contribution >= 4 is 12.4 Å². The van der Waals surface area contributed by atoms with E-state index in [0.29, 0.717) is 17.3 Å². The molecule has 0 unspecified atom stereocenters. The first-order valence-electron chi connectivity index (χ1n) is 7.01. The number of nitrogens with zero attached hydrogens (tertiary/aromatic N) is 2. The zero-order valence-corrected chi connectivity index (χ0v) is 13.4. The standard InChI is InChI=1S/C15H18FN3O2.ClH/c1-10-9-11(3-4-12(10)16)13-18-14(21-19-13)15(20-2)5-7-17-8-6-15;/h3-4,9,17H,5-8H2,1-2H3;1H. The molecule has 2 heterocycles. The van der Waals surface area contributed by atoms with Crippen molar-refractivity contribution in [1.29, 1.82) is 0 Å². The monoisotopic (exact) mass is 327 g/mol. The number of piperidine rings is 1. The third-order valence-electron chi connectivity index (χ3n) is 4.03. The Morgan fingerprint density at radius 1 is 1.32 bits per heavy atom. The van der Waals surface area contributed by atoms with Crippen LogP contribution in [0.2, 0.25) is 0 Å². The van der Waals surface area contributed by atoms with E-state index in [1.165, 1.54) is 6.07 Å². The predicted molar refractivity (Wildman–Crippen MR) is 82.5 cm³/mol. The molecule has 1 fully saturated rings. The Balaban J connectivity index is 0.00000176. The van der Waals surface area contributed by atoms with Gasteiger partial charge in [-0.1, -0.05) is 5.16 Å². The van der Waals surface area contributed by atoms with Gasteiger partial charge in [-0.05, 0) is 56.6 Å². The highest BCUT2D eigenvalue weighted by atomic mass is 35.5. The van der Waals surface area contributed by atoms with E-state index >= 15 is 0 Å². The maximum Gasteiger partial charge on any atom is 0.259 e. The molecule has 2 aromatic rings. The predicted octanol–water partition coefficient (Wildman–Crippen LogP) is 2.83. The number of methoxy groups -OCH3 is 1. The van der Waals surface area contributed by atoms with Gasteiger partial charge in [0, 0.05) is 12.7 Å². The Bertz CT molecular complexity index is 641. The molecular weight excluding hydrogens is 309 g/mol. The Kier molecular flexibility index (Phi) is 5.16. The van der Waals surface area contributed by atoms with E-state index in [1.807, 2.05) is 0 Å². The van der Waals surface area contributed by atoms with Crippen LogP contribution in [0.4, 0.5) is 4.39 Å². The molecule has 0 amide bonds. The second-order valence-electron chi connectivity index (χ2n) is 5.34. The van der Waals surface area contributed by atoms with Crippen LogP contribution in [-0.4, -0.2) is 30.3 Å². The molecule has 3 rings (SSSR count). The summed E-state index contributed by atoms with van der Waals surface area (Å²) in [6.07, 6.45) is 1.57. The third kappa shape index (κ3) is 2.99. The van der Waals surface area contributed by atoms with Gasteiger partial charge in [0.15, 0.2) is 0 Å². The fourth-order valence-electron chi connectivity index (χ4n) is 2.65. The number of hydrogen-bond donors (Lipinski definition) is 1. The molecule has 1 saturated heterocycles. The van der Waals surface area contributed by atoms with Crippen molar-refractivity contribution in [2.24, 2.45) is 0 Å². The summed E-state index contributed by atoms with van der Waals surface area (Å²) in [4.78, 5) is 4.46. The molecule has 0 aliphatic carbocycles. The molecule has 22 heavy (non-hydrogen) atoms. The van der Waals surface area contributed by atoms with Crippen LogP contribution >= 0.6 is 12.4 Å². The maximum atomic E-state index is 13.3. The van der Waals surface area contributed by atoms with Gasteiger partial charge in [0.1, 0.15) is 11.4 Å². The maximum absolute atomic E-state index is 13.3. The van der Waals surface area contributed by atoms with Crippen molar-refractivity contribution in [1.82, 2.24) is 15.5 Å².